The van der Waals surface area contributed by atoms with Gasteiger partial charge in [0.2, 0.25) is 0 Å². The number of rotatable bonds is 3. The molecule has 0 radical (unpaired) electrons. The van der Waals surface area contributed by atoms with Crippen LogP contribution in [0, 0.1) is 5.92 Å². The average Bonchev–Trinajstić information content (AvgIpc) is 1.96. The predicted octanol–water partition coefficient (Wildman–Crippen LogP) is 3.26. The largest absolute Gasteiger partial charge is 0.268 e. The summed E-state index contributed by atoms with van der Waals surface area (Å²) in [6.45, 7) is 16.4. The Bertz CT molecular complexity index is 197. The lowest BCUT2D eigenvalue weighted by molar-refractivity contribution is 0.213. The van der Waals surface area contributed by atoms with E-state index in [1.165, 1.54) is 5.57 Å². The summed E-state index contributed by atoms with van der Waals surface area (Å²) in [5.41, 5.74) is 1.33. The van der Waals surface area contributed by atoms with E-state index in [9.17, 15) is 0 Å². The number of allylic oxidation sites excluding steroid dienone is 1. The summed E-state index contributed by atoms with van der Waals surface area (Å²) in [5.74, 6) is 0.562. The van der Waals surface area contributed by atoms with Gasteiger partial charge in [-0.15, -0.1) is 0 Å². The van der Waals surface area contributed by atoms with E-state index in [0.29, 0.717) is 5.92 Å². The lowest BCUT2D eigenvalue weighted by Gasteiger charge is -2.30. The summed E-state index contributed by atoms with van der Waals surface area (Å²) in [5, 5.41) is 5.89. The van der Waals surface area contributed by atoms with Crippen LogP contribution in [0.4, 0.5) is 0 Å². The number of hydrogen-bond donors (Lipinski definition) is 0. The Morgan fingerprint density at radius 3 is 2.08 bits per heavy atom. The van der Waals surface area contributed by atoms with Crippen LogP contribution in [0.1, 0.15) is 41.5 Å². The first-order valence-electron chi connectivity index (χ1n) is 4.73. The number of hydrazone groups is 1. The van der Waals surface area contributed by atoms with E-state index >= 15 is 0 Å². The molecule has 0 aliphatic rings. The molecule has 13 heavy (non-hydrogen) atoms. The fourth-order valence-corrected chi connectivity index (χ4v) is 0.789. The fourth-order valence-electron chi connectivity index (χ4n) is 0.789. The van der Waals surface area contributed by atoms with Crippen LogP contribution < -0.4 is 0 Å². The molecule has 0 aromatic rings. The molecular formula is C11H22N2. The zero-order chi connectivity index (χ0) is 10.6. The van der Waals surface area contributed by atoms with Gasteiger partial charge in [-0.2, -0.15) is 5.10 Å². The lowest BCUT2D eigenvalue weighted by Crippen LogP contribution is -2.33. The minimum absolute atomic E-state index is 0.0118. The number of hydrogen-bond acceptors (Lipinski definition) is 2. The first kappa shape index (κ1) is 12.2. The Morgan fingerprint density at radius 1 is 1.38 bits per heavy atom. The van der Waals surface area contributed by atoms with Crippen molar-refractivity contribution in [3.63, 3.8) is 0 Å². The van der Waals surface area contributed by atoms with E-state index in [0.717, 1.165) is 0 Å². The molecule has 2 heteroatoms. The highest BCUT2D eigenvalue weighted by Crippen LogP contribution is 2.17. The molecule has 0 amide bonds. The van der Waals surface area contributed by atoms with Crippen molar-refractivity contribution in [1.82, 2.24) is 5.01 Å². The Morgan fingerprint density at radius 2 is 1.85 bits per heavy atom. The highest BCUT2D eigenvalue weighted by atomic mass is 15.5. The third kappa shape index (κ3) is 4.11. The smallest absolute Gasteiger partial charge is 0.0543 e. The van der Waals surface area contributed by atoms with Crippen molar-refractivity contribution in [2.24, 2.45) is 11.0 Å². The van der Waals surface area contributed by atoms with E-state index in [4.69, 9.17) is 0 Å². The van der Waals surface area contributed by atoms with Crippen molar-refractivity contribution in [2.75, 3.05) is 0 Å². The Kier molecular flexibility index (Phi) is 4.18. The summed E-state index contributed by atoms with van der Waals surface area (Å²) in [6, 6.07) is 0. The molecule has 0 aliphatic carbocycles. The SMILES string of the molecule is C=NN(/C=C(\C)C(C)C)C(C)(C)C. The van der Waals surface area contributed by atoms with Gasteiger partial charge in [0.15, 0.2) is 0 Å². The van der Waals surface area contributed by atoms with Crippen molar-refractivity contribution in [2.45, 2.75) is 47.1 Å². The van der Waals surface area contributed by atoms with Crippen LogP contribution in [0.3, 0.4) is 0 Å². The van der Waals surface area contributed by atoms with Gasteiger partial charge in [-0.3, -0.25) is 5.01 Å². The Labute approximate surface area is 82.3 Å². The second-order valence-electron chi connectivity index (χ2n) is 4.68. The van der Waals surface area contributed by atoms with E-state index in [1.807, 2.05) is 5.01 Å². The van der Waals surface area contributed by atoms with E-state index in [1.54, 1.807) is 0 Å². The van der Waals surface area contributed by atoms with Gasteiger partial charge < -0.3 is 0 Å². The van der Waals surface area contributed by atoms with E-state index in [-0.39, 0.29) is 5.54 Å². The minimum Gasteiger partial charge on any atom is -0.268 e. The minimum atomic E-state index is 0.0118. The van der Waals surface area contributed by atoms with Crippen LogP contribution in [0.5, 0.6) is 0 Å². The summed E-state index contributed by atoms with van der Waals surface area (Å²) in [6.07, 6.45) is 2.07. The van der Waals surface area contributed by atoms with Gasteiger partial charge in [0.05, 0.1) is 5.54 Å². The van der Waals surface area contributed by atoms with Crippen molar-refractivity contribution in [3.8, 4) is 0 Å². The lowest BCUT2D eigenvalue weighted by atomic mass is 10.0. The van der Waals surface area contributed by atoms with Gasteiger partial charge in [-0.25, -0.2) is 0 Å². The molecule has 0 unspecified atom stereocenters. The van der Waals surface area contributed by atoms with E-state index < -0.39 is 0 Å². The summed E-state index contributed by atoms with van der Waals surface area (Å²) in [7, 11) is 0. The number of nitrogens with zero attached hydrogens (tertiary/aromatic N) is 2. The third-order valence-electron chi connectivity index (χ3n) is 2.08. The standard InChI is InChI=1S/C11H22N2/c1-9(2)10(3)8-13(12-7)11(4,5)6/h8-9H,7H2,1-6H3/b10-8+. The molecule has 0 heterocycles. The molecule has 0 aromatic heterocycles. The van der Waals surface area contributed by atoms with Gasteiger partial charge in [0.25, 0.3) is 0 Å². The maximum absolute atomic E-state index is 3.99. The molecule has 0 atom stereocenters. The molecular weight excluding hydrogens is 160 g/mol. The van der Waals surface area contributed by atoms with Crippen LogP contribution in [0.15, 0.2) is 16.9 Å². The molecule has 0 aliphatic heterocycles. The maximum Gasteiger partial charge on any atom is 0.0543 e. The monoisotopic (exact) mass is 182 g/mol. The van der Waals surface area contributed by atoms with Crippen molar-refractivity contribution < 1.29 is 0 Å². The van der Waals surface area contributed by atoms with Gasteiger partial charge in [0.1, 0.15) is 0 Å². The molecule has 0 saturated heterocycles. The molecule has 0 spiro atoms. The second-order valence-corrected chi connectivity index (χ2v) is 4.68. The fraction of sp³-hybridized carbons (Fsp3) is 0.727. The molecule has 0 aromatic carbocycles. The summed E-state index contributed by atoms with van der Waals surface area (Å²) < 4.78 is 0. The first-order chi connectivity index (χ1) is 5.79. The van der Waals surface area contributed by atoms with Crippen molar-refractivity contribution >= 4 is 6.72 Å². The van der Waals surface area contributed by atoms with E-state index in [2.05, 4.69) is 59.6 Å². The van der Waals surface area contributed by atoms with Crippen LogP contribution in [-0.4, -0.2) is 17.3 Å². The van der Waals surface area contributed by atoms with Gasteiger partial charge in [-0.05, 0) is 33.6 Å². The molecule has 0 fully saturated rings. The zero-order valence-corrected chi connectivity index (χ0v) is 9.76. The average molecular weight is 182 g/mol. The van der Waals surface area contributed by atoms with Crippen LogP contribution in [-0.2, 0) is 0 Å². The topological polar surface area (TPSA) is 15.6 Å². The molecule has 2 nitrogen and oxygen atoms in total. The van der Waals surface area contributed by atoms with Crippen molar-refractivity contribution in [3.05, 3.63) is 11.8 Å². The molecule has 76 valence electrons. The quantitative estimate of drug-likeness (QED) is 0.483. The molecule has 0 rings (SSSR count). The summed E-state index contributed by atoms with van der Waals surface area (Å²) in [4.78, 5) is 0. The maximum atomic E-state index is 3.99. The Hall–Kier alpha value is -0.790. The normalized spacial score (nSPS) is 13.3. The van der Waals surface area contributed by atoms with Crippen LogP contribution in [0.25, 0.3) is 0 Å². The summed E-state index contributed by atoms with van der Waals surface area (Å²) >= 11 is 0. The van der Waals surface area contributed by atoms with Gasteiger partial charge >= 0.3 is 0 Å². The predicted molar refractivity (Wildman–Crippen MR) is 59.7 cm³/mol. The Balaban J connectivity index is 4.64. The molecule has 0 N–H and O–H groups in total. The van der Waals surface area contributed by atoms with Gasteiger partial charge in [-0.1, -0.05) is 19.4 Å². The molecule has 0 saturated carbocycles. The first-order valence-corrected chi connectivity index (χ1v) is 4.73. The van der Waals surface area contributed by atoms with Crippen LogP contribution in [0.2, 0.25) is 0 Å². The zero-order valence-electron chi connectivity index (χ0n) is 9.76. The van der Waals surface area contributed by atoms with Gasteiger partial charge in [0, 0.05) is 12.9 Å². The van der Waals surface area contributed by atoms with Crippen molar-refractivity contribution in [1.29, 1.82) is 0 Å². The third-order valence-corrected chi connectivity index (χ3v) is 2.08. The second kappa shape index (κ2) is 4.45. The highest BCUT2D eigenvalue weighted by Gasteiger charge is 2.17. The molecule has 0 bridgehead atoms. The van der Waals surface area contributed by atoms with Crippen LogP contribution >= 0.6 is 0 Å². The highest BCUT2D eigenvalue weighted by molar-refractivity contribution is 5.23.